The van der Waals surface area contributed by atoms with E-state index in [1.807, 2.05) is 0 Å². The Balaban J connectivity index is 1.43. The highest BCUT2D eigenvalue weighted by atomic mass is 16.7. The quantitative estimate of drug-likeness (QED) is 0.788. The maximum atomic E-state index is 10.3. The Hall–Kier alpha value is -1.92. The highest BCUT2D eigenvalue weighted by Crippen LogP contribution is 2.43. The molecule has 2 aliphatic heterocycles. The summed E-state index contributed by atoms with van der Waals surface area (Å²) in [7, 11) is 1.49. The molecule has 2 N–H and O–H groups in total. The molecule has 5 rings (SSSR count). The molecule has 4 atom stereocenters. The van der Waals surface area contributed by atoms with Gasteiger partial charge in [-0.2, -0.15) is 0 Å². The van der Waals surface area contributed by atoms with Gasteiger partial charge in [0.2, 0.25) is 0 Å². The van der Waals surface area contributed by atoms with E-state index in [-0.39, 0.29) is 6.10 Å². The minimum Gasteiger partial charge on any atom is -0.493 e. The highest BCUT2D eigenvalue weighted by molar-refractivity contribution is 5.44. The topological polar surface area (TPSA) is 68.2 Å². The van der Waals surface area contributed by atoms with Crippen LogP contribution in [0.4, 0.5) is 0 Å². The molecule has 1 saturated carbocycles. The van der Waals surface area contributed by atoms with Crippen molar-refractivity contribution in [2.45, 2.75) is 69.0 Å². The van der Waals surface area contributed by atoms with Crippen LogP contribution in [0.1, 0.15) is 65.5 Å². The predicted octanol–water partition coefficient (Wildman–Crippen LogP) is 3.64. The zero-order chi connectivity index (χ0) is 20.7. The number of benzene rings is 2. The maximum absolute atomic E-state index is 10.3. The number of ether oxygens (including phenoxy) is 3. The van der Waals surface area contributed by atoms with Crippen molar-refractivity contribution < 1.29 is 24.4 Å². The van der Waals surface area contributed by atoms with Gasteiger partial charge < -0.3 is 24.4 Å². The average molecular weight is 411 g/mol. The SMILES string of the molecule is COC1OC(c2ccc(C3CC3)c(Cc3ccc4c(c3)CCCO4)c2)CC(O)C1O. The first kappa shape index (κ1) is 20.0. The summed E-state index contributed by atoms with van der Waals surface area (Å²) < 4.78 is 16.9. The zero-order valence-corrected chi connectivity index (χ0v) is 17.4. The van der Waals surface area contributed by atoms with Crippen LogP contribution in [0, 0.1) is 0 Å². The second-order valence-electron chi connectivity index (χ2n) is 8.83. The number of methoxy groups -OCH3 is 1. The summed E-state index contributed by atoms with van der Waals surface area (Å²) in [6.45, 7) is 0.810. The third-order valence-corrected chi connectivity index (χ3v) is 6.58. The summed E-state index contributed by atoms with van der Waals surface area (Å²) in [4.78, 5) is 0. The van der Waals surface area contributed by atoms with E-state index in [2.05, 4.69) is 36.4 Å². The number of rotatable bonds is 5. The van der Waals surface area contributed by atoms with Crippen LogP contribution in [0.3, 0.4) is 0 Å². The Bertz CT molecular complexity index is 906. The van der Waals surface area contributed by atoms with Crippen LogP contribution in [0.25, 0.3) is 0 Å². The van der Waals surface area contributed by atoms with E-state index in [9.17, 15) is 10.2 Å². The molecular weight excluding hydrogens is 380 g/mol. The van der Waals surface area contributed by atoms with Crippen molar-refractivity contribution in [2.24, 2.45) is 0 Å². The molecule has 0 bridgehead atoms. The van der Waals surface area contributed by atoms with Gasteiger partial charge in [-0.15, -0.1) is 0 Å². The summed E-state index contributed by atoms with van der Waals surface area (Å²) in [5.74, 6) is 1.68. The van der Waals surface area contributed by atoms with Gasteiger partial charge in [-0.1, -0.05) is 30.3 Å². The summed E-state index contributed by atoms with van der Waals surface area (Å²) in [5.41, 5.74) is 6.38. The zero-order valence-electron chi connectivity index (χ0n) is 17.4. The van der Waals surface area contributed by atoms with Gasteiger partial charge in [0.15, 0.2) is 6.29 Å². The lowest BCUT2D eigenvalue weighted by Gasteiger charge is -2.36. The van der Waals surface area contributed by atoms with E-state index in [4.69, 9.17) is 14.2 Å². The third-order valence-electron chi connectivity index (χ3n) is 6.58. The first-order chi connectivity index (χ1) is 14.6. The monoisotopic (exact) mass is 410 g/mol. The van der Waals surface area contributed by atoms with Crippen molar-refractivity contribution in [2.75, 3.05) is 13.7 Å². The molecule has 0 aromatic heterocycles. The Labute approximate surface area is 177 Å². The van der Waals surface area contributed by atoms with E-state index < -0.39 is 18.5 Å². The Morgan fingerprint density at radius 2 is 1.97 bits per heavy atom. The molecule has 0 spiro atoms. The average Bonchev–Trinajstić information content (AvgIpc) is 3.61. The van der Waals surface area contributed by atoms with Crippen LogP contribution in [0.5, 0.6) is 5.75 Å². The van der Waals surface area contributed by atoms with Crippen LogP contribution in [-0.4, -0.2) is 42.4 Å². The number of aliphatic hydroxyl groups excluding tert-OH is 2. The van der Waals surface area contributed by atoms with E-state index in [1.54, 1.807) is 0 Å². The van der Waals surface area contributed by atoms with Gasteiger partial charge >= 0.3 is 0 Å². The van der Waals surface area contributed by atoms with Crippen molar-refractivity contribution in [1.29, 1.82) is 0 Å². The lowest BCUT2D eigenvalue weighted by atomic mass is 9.90. The molecule has 1 aliphatic carbocycles. The van der Waals surface area contributed by atoms with Crippen molar-refractivity contribution in [3.63, 3.8) is 0 Å². The van der Waals surface area contributed by atoms with Crippen molar-refractivity contribution in [3.05, 3.63) is 64.2 Å². The van der Waals surface area contributed by atoms with Gasteiger partial charge in [-0.3, -0.25) is 0 Å². The molecule has 2 aromatic carbocycles. The molecule has 5 nitrogen and oxygen atoms in total. The molecule has 1 saturated heterocycles. The second kappa shape index (κ2) is 8.31. The summed E-state index contributed by atoms with van der Waals surface area (Å²) >= 11 is 0. The molecule has 3 aliphatic rings. The first-order valence-corrected chi connectivity index (χ1v) is 11.0. The molecule has 0 amide bonds. The summed E-state index contributed by atoms with van der Waals surface area (Å²) in [6, 6.07) is 13.1. The lowest BCUT2D eigenvalue weighted by molar-refractivity contribution is -0.259. The van der Waals surface area contributed by atoms with E-state index in [0.717, 1.165) is 37.2 Å². The number of aliphatic hydroxyl groups is 2. The summed E-state index contributed by atoms with van der Waals surface area (Å²) in [6.07, 6.45) is 2.90. The van der Waals surface area contributed by atoms with Crippen LogP contribution in [0.15, 0.2) is 36.4 Å². The first-order valence-electron chi connectivity index (χ1n) is 11.0. The molecule has 30 heavy (non-hydrogen) atoms. The number of hydrogen-bond donors (Lipinski definition) is 2. The van der Waals surface area contributed by atoms with Crippen LogP contribution in [0.2, 0.25) is 0 Å². The molecule has 2 fully saturated rings. The number of aryl methyl sites for hydroxylation is 1. The molecule has 2 aromatic rings. The van der Waals surface area contributed by atoms with Gasteiger partial charge in [0.1, 0.15) is 11.9 Å². The van der Waals surface area contributed by atoms with Gasteiger partial charge in [-0.25, -0.2) is 0 Å². The normalized spacial score (nSPS) is 28.6. The number of hydrogen-bond acceptors (Lipinski definition) is 5. The van der Waals surface area contributed by atoms with Gasteiger partial charge in [0.25, 0.3) is 0 Å². The van der Waals surface area contributed by atoms with Crippen molar-refractivity contribution in [1.82, 2.24) is 0 Å². The second-order valence-corrected chi connectivity index (χ2v) is 8.83. The lowest BCUT2D eigenvalue weighted by Crippen LogP contribution is -2.46. The highest BCUT2D eigenvalue weighted by Gasteiger charge is 2.38. The maximum Gasteiger partial charge on any atom is 0.186 e. The number of fused-ring (bicyclic) bond motifs is 1. The largest absolute Gasteiger partial charge is 0.493 e. The molecule has 4 unspecified atom stereocenters. The van der Waals surface area contributed by atoms with Crippen LogP contribution >= 0.6 is 0 Å². The summed E-state index contributed by atoms with van der Waals surface area (Å²) in [5, 5.41) is 20.3. The van der Waals surface area contributed by atoms with Gasteiger partial charge in [0.05, 0.1) is 18.8 Å². The Kier molecular flexibility index (Phi) is 5.54. The molecule has 2 heterocycles. The van der Waals surface area contributed by atoms with Crippen LogP contribution in [-0.2, 0) is 22.3 Å². The standard InChI is InChI=1S/C25H30O5/c1-28-25-24(27)21(26)14-23(30-25)18-7-8-20(16-5-6-16)19(13-18)12-15-4-9-22-17(11-15)3-2-10-29-22/h4,7-9,11,13,16,21,23-27H,2-3,5-6,10,12,14H2,1H3. The minimum absolute atomic E-state index is 0.294. The van der Waals surface area contributed by atoms with Crippen molar-refractivity contribution in [3.8, 4) is 5.75 Å². The predicted molar refractivity (Wildman–Crippen MR) is 113 cm³/mol. The van der Waals surface area contributed by atoms with E-state index in [1.165, 1.54) is 42.2 Å². The fourth-order valence-corrected chi connectivity index (χ4v) is 4.76. The van der Waals surface area contributed by atoms with Crippen molar-refractivity contribution >= 4 is 0 Å². The van der Waals surface area contributed by atoms with Gasteiger partial charge in [-0.05, 0) is 71.9 Å². The van der Waals surface area contributed by atoms with Crippen LogP contribution < -0.4 is 4.74 Å². The molecule has 160 valence electrons. The van der Waals surface area contributed by atoms with Gasteiger partial charge in [0, 0.05) is 13.5 Å². The molecule has 0 radical (unpaired) electrons. The Morgan fingerprint density at radius 3 is 2.77 bits per heavy atom. The fourth-order valence-electron chi connectivity index (χ4n) is 4.76. The van der Waals surface area contributed by atoms with E-state index in [0.29, 0.717) is 12.3 Å². The molecular formula is C25H30O5. The smallest absolute Gasteiger partial charge is 0.186 e. The minimum atomic E-state index is -1.02. The van der Waals surface area contributed by atoms with E-state index >= 15 is 0 Å². The fraction of sp³-hybridized carbons (Fsp3) is 0.520. The Morgan fingerprint density at radius 1 is 1.10 bits per heavy atom. The third kappa shape index (κ3) is 4.00. The molecule has 5 heteroatoms.